The molecule has 1 aromatic heterocycles. The molecule has 0 radical (unpaired) electrons. The van der Waals surface area contributed by atoms with Crippen LogP contribution in [-0.2, 0) is 0 Å². The van der Waals surface area contributed by atoms with E-state index in [-0.39, 0.29) is 0 Å². The van der Waals surface area contributed by atoms with Gasteiger partial charge in [-0.25, -0.2) is 0 Å². The molecule has 44 heavy (non-hydrogen) atoms. The van der Waals surface area contributed by atoms with E-state index in [4.69, 9.17) is 0 Å². The van der Waals surface area contributed by atoms with Gasteiger partial charge in [-0.3, -0.25) is 0 Å². The van der Waals surface area contributed by atoms with Gasteiger partial charge in [0, 0.05) is 21.8 Å². The minimum Gasteiger partial charge on any atom is -0.309 e. The van der Waals surface area contributed by atoms with E-state index >= 15 is 0 Å². The van der Waals surface area contributed by atoms with Crippen LogP contribution in [-0.4, -0.2) is 4.57 Å². The quantitative estimate of drug-likeness (QED) is 0.190. The van der Waals surface area contributed by atoms with E-state index in [1.165, 1.54) is 87.6 Å². The molecule has 1 heterocycles. The topological polar surface area (TPSA) is 4.93 Å². The van der Waals surface area contributed by atoms with Gasteiger partial charge in [0.2, 0.25) is 0 Å². The number of benzene rings is 8. The Kier molecular flexibility index (Phi) is 5.48. The van der Waals surface area contributed by atoms with Gasteiger partial charge < -0.3 is 4.57 Å². The Bertz CT molecular complexity index is 2530. The number of nitrogens with zero attached hydrogens (tertiary/aromatic N) is 1. The van der Waals surface area contributed by atoms with Gasteiger partial charge >= 0.3 is 0 Å². The fraction of sp³-hybridized carbons (Fsp3) is 0.0233. The molecule has 1 nitrogen and oxygen atoms in total. The molecule has 0 spiro atoms. The molecule has 0 N–H and O–H groups in total. The van der Waals surface area contributed by atoms with Crippen LogP contribution < -0.4 is 0 Å². The lowest BCUT2D eigenvalue weighted by molar-refractivity contribution is 1.19. The van der Waals surface area contributed by atoms with Gasteiger partial charge in [-0.15, -0.1) is 0 Å². The average Bonchev–Trinajstić information content (AvgIpc) is 3.43. The Balaban J connectivity index is 1.29. The lowest BCUT2D eigenvalue weighted by Gasteiger charge is -2.16. The van der Waals surface area contributed by atoms with Crippen LogP contribution in [0.2, 0.25) is 0 Å². The summed E-state index contributed by atoms with van der Waals surface area (Å²) in [4.78, 5) is 0. The summed E-state index contributed by atoms with van der Waals surface area (Å²) in [5.74, 6) is 0. The van der Waals surface area contributed by atoms with E-state index < -0.39 is 0 Å². The maximum absolute atomic E-state index is 2.42. The van der Waals surface area contributed by atoms with Gasteiger partial charge in [-0.05, 0) is 85.9 Å². The summed E-state index contributed by atoms with van der Waals surface area (Å²) < 4.78 is 2.42. The summed E-state index contributed by atoms with van der Waals surface area (Å²) in [5.41, 5.74) is 10.0. The van der Waals surface area contributed by atoms with Crippen molar-refractivity contribution in [1.29, 1.82) is 0 Å². The fourth-order valence-electron chi connectivity index (χ4n) is 7.41. The van der Waals surface area contributed by atoms with Crippen molar-refractivity contribution < 1.29 is 0 Å². The lowest BCUT2D eigenvalue weighted by Crippen LogP contribution is -1.94. The second kappa shape index (κ2) is 9.69. The molecule has 0 atom stereocenters. The summed E-state index contributed by atoms with van der Waals surface area (Å²) in [7, 11) is 0. The number of fused-ring (bicyclic) bond motifs is 8. The molecule has 0 aliphatic rings. The molecule has 206 valence electrons. The van der Waals surface area contributed by atoms with Gasteiger partial charge in [-0.2, -0.15) is 0 Å². The monoisotopic (exact) mass is 559 g/mol. The predicted molar refractivity (Wildman–Crippen MR) is 189 cm³/mol. The van der Waals surface area contributed by atoms with Crippen molar-refractivity contribution in [3.63, 3.8) is 0 Å². The first-order valence-electron chi connectivity index (χ1n) is 15.3. The van der Waals surface area contributed by atoms with E-state index in [1.807, 2.05) is 0 Å². The van der Waals surface area contributed by atoms with E-state index in [0.717, 1.165) is 0 Å². The first kappa shape index (κ1) is 24.9. The number of hydrogen-bond acceptors (Lipinski definition) is 0. The first-order chi connectivity index (χ1) is 21.8. The smallest absolute Gasteiger partial charge is 0.0619 e. The Labute approximate surface area is 256 Å². The molecule has 0 saturated heterocycles. The fourth-order valence-corrected chi connectivity index (χ4v) is 7.41. The summed E-state index contributed by atoms with van der Waals surface area (Å²) in [6.07, 6.45) is 0. The zero-order valence-electron chi connectivity index (χ0n) is 24.5. The third kappa shape index (κ3) is 3.60. The Hall–Kier alpha value is -5.66. The van der Waals surface area contributed by atoms with E-state index in [1.54, 1.807) is 0 Å². The van der Waals surface area contributed by atoms with Crippen LogP contribution in [0.15, 0.2) is 158 Å². The van der Waals surface area contributed by atoms with Crippen molar-refractivity contribution in [3.05, 3.63) is 163 Å². The highest BCUT2D eigenvalue weighted by Gasteiger charge is 2.18. The van der Waals surface area contributed by atoms with Crippen molar-refractivity contribution >= 4 is 54.1 Å². The molecule has 0 amide bonds. The van der Waals surface area contributed by atoms with E-state index in [2.05, 4.69) is 169 Å². The zero-order valence-corrected chi connectivity index (χ0v) is 24.5. The third-order valence-electron chi connectivity index (χ3n) is 9.37. The molecule has 0 bridgehead atoms. The highest BCUT2D eigenvalue weighted by molar-refractivity contribution is 6.22. The largest absolute Gasteiger partial charge is 0.309 e. The number of aryl methyl sites for hydroxylation is 1. The van der Waals surface area contributed by atoms with Crippen LogP contribution >= 0.6 is 0 Å². The lowest BCUT2D eigenvalue weighted by atomic mass is 9.88. The molecule has 0 aliphatic carbocycles. The summed E-state index contributed by atoms with van der Waals surface area (Å²) >= 11 is 0. The Morgan fingerprint density at radius 2 is 0.909 bits per heavy atom. The van der Waals surface area contributed by atoms with Crippen LogP contribution in [0.1, 0.15) is 5.56 Å². The Morgan fingerprint density at radius 1 is 0.386 bits per heavy atom. The molecule has 0 aliphatic heterocycles. The highest BCUT2D eigenvalue weighted by Crippen LogP contribution is 2.43. The molecular weight excluding hydrogens is 530 g/mol. The van der Waals surface area contributed by atoms with Crippen LogP contribution in [0.3, 0.4) is 0 Å². The van der Waals surface area contributed by atoms with Gasteiger partial charge in [-0.1, -0.05) is 133 Å². The van der Waals surface area contributed by atoms with Gasteiger partial charge in [0.25, 0.3) is 0 Å². The van der Waals surface area contributed by atoms with Crippen molar-refractivity contribution in [2.45, 2.75) is 6.92 Å². The van der Waals surface area contributed by atoms with E-state index in [0.29, 0.717) is 0 Å². The van der Waals surface area contributed by atoms with Crippen molar-refractivity contribution in [3.8, 4) is 27.9 Å². The summed E-state index contributed by atoms with van der Waals surface area (Å²) in [6, 6.07) is 57.6. The van der Waals surface area contributed by atoms with Crippen molar-refractivity contribution in [2.24, 2.45) is 0 Å². The van der Waals surface area contributed by atoms with Crippen LogP contribution in [0.5, 0.6) is 0 Å². The zero-order chi connectivity index (χ0) is 29.2. The highest BCUT2D eigenvalue weighted by atomic mass is 15.0. The number of rotatable bonds is 3. The molecule has 0 fully saturated rings. The van der Waals surface area contributed by atoms with Gasteiger partial charge in [0.05, 0.1) is 11.0 Å². The summed E-state index contributed by atoms with van der Waals surface area (Å²) in [6.45, 7) is 2.27. The maximum Gasteiger partial charge on any atom is 0.0619 e. The number of para-hydroxylation sites is 2. The molecule has 0 saturated carbocycles. The number of hydrogen-bond donors (Lipinski definition) is 0. The minimum absolute atomic E-state index is 1.18. The molecule has 0 unspecified atom stereocenters. The number of aromatic nitrogens is 1. The average molecular weight is 560 g/mol. The second-order valence-corrected chi connectivity index (χ2v) is 11.7. The third-order valence-corrected chi connectivity index (χ3v) is 9.37. The minimum atomic E-state index is 1.18. The first-order valence-corrected chi connectivity index (χ1v) is 15.3. The SMILES string of the molecule is Cc1c(-c2ccc(-c3cc4c5ccccc5n(-c5ccccc5)c4c4ccccc34)cc2)c2ccccc2c2ccccc12. The molecule has 9 aromatic rings. The summed E-state index contributed by atoms with van der Waals surface area (Å²) in [5, 5.41) is 10.3. The normalized spacial score (nSPS) is 11.8. The molecular formula is C43H29N. The standard InChI is InChI=1S/C43H29N/c1-28-32-15-5-6-16-33(32)34-17-7-9-20-37(34)42(28)30-25-23-29(24-26-30)39-27-40-36-19-11-12-22-41(36)44(31-13-3-2-4-14-31)43(40)38-21-10-8-18-35(38)39/h2-27H,1H3. The second-order valence-electron chi connectivity index (χ2n) is 11.7. The van der Waals surface area contributed by atoms with Crippen molar-refractivity contribution in [2.75, 3.05) is 0 Å². The Morgan fingerprint density at radius 3 is 1.64 bits per heavy atom. The van der Waals surface area contributed by atoms with Crippen LogP contribution in [0.4, 0.5) is 0 Å². The molecule has 8 aromatic carbocycles. The molecule has 1 heteroatoms. The van der Waals surface area contributed by atoms with Gasteiger partial charge in [0.1, 0.15) is 0 Å². The van der Waals surface area contributed by atoms with E-state index in [9.17, 15) is 0 Å². The molecule has 9 rings (SSSR count). The van der Waals surface area contributed by atoms with Crippen LogP contribution in [0.25, 0.3) is 82.1 Å². The maximum atomic E-state index is 2.42. The van der Waals surface area contributed by atoms with Crippen molar-refractivity contribution in [1.82, 2.24) is 4.57 Å². The predicted octanol–water partition coefficient (Wildman–Crippen LogP) is 11.9. The van der Waals surface area contributed by atoms with Crippen LogP contribution in [0, 0.1) is 6.92 Å². The van der Waals surface area contributed by atoms with Gasteiger partial charge in [0.15, 0.2) is 0 Å².